The molecule has 2 aromatic carbocycles. The van der Waals surface area contributed by atoms with E-state index in [4.69, 9.17) is 4.74 Å². The number of rotatable bonds is 7. The lowest BCUT2D eigenvalue weighted by atomic mass is 10.1. The van der Waals surface area contributed by atoms with Crippen LogP contribution in [0.1, 0.15) is 35.3 Å². The standard InChI is InChI=1S/C23H25FN2O4S/c1-5-25(3)13-18-19(28)11-10-17-20(23(29)30-4)22(31-21(17)18)26(14(2)27)12-15-6-8-16(24)9-7-15/h6-11,28H,5,12-13H2,1-4H3. The van der Waals surface area contributed by atoms with Gasteiger partial charge in [-0.3, -0.25) is 9.69 Å². The Morgan fingerprint density at radius 1 is 1.13 bits per heavy atom. The molecule has 3 aromatic rings. The molecule has 0 saturated carbocycles. The number of aromatic hydroxyl groups is 1. The van der Waals surface area contributed by atoms with Crippen molar-refractivity contribution in [3.63, 3.8) is 0 Å². The fourth-order valence-corrected chi connectivity index (χ4v) is 4.68. The lowest BCUT2D eigenvalue weighted by Gasteiger charge is -2.21. The maximum absolute atomic E-state index is 13.3. The van der Waals surface area contributed by atoms with Crippen LogP contribution in [0.2, 0.25) is 0 Å². The Morgan fingerprint density at radius 2 is 1.81 bits per heavy atom. The van der Waals surface area contributed by atoms with Gasteiger partial charge in [-0.1, -0.05) is 19.1 Å². The van der Waals surface area contributed by atoms with E-state index < -0.39 is 5.97 Å². The minimum absolute atomic E-state index is 0.130. The van der Waals surface area contributed by atoms with Gasteiger partial charge in [0.25, 0.3) is 0 Å². The molecule has 0 unspecified atom stereocenters. The molecule has 0 fully saturated rings. The van der Waals surface area contributed by atoms with Crippen molar-refractivity contribution in [1.82, 2.24) is 4.90 Å². The van der Waals surface area contributed by atoms with Crippen LogP contribution in [-0.2, 0) is 22.6 Å². The van der Waals surface area contributed by atoms with Gasteiger partial charge in [-0.15, -0.1) is 11.3 Å². The molecule has 0 aliphatic heterocycles. The Morgan fingerprint density at radius 3 is 2.39 bits per heavy atom. The van der Waals surface area contributed by atoms with Crippen LogP contribution in [0.15, 0.2) is 36.4 Å². The Hall–Kier alpha value is -2.97. The first-order valence-electron chi connectivity index (χ1n) is 9.83. The third kappa shape index (κ3) is 4.70. The summed E-state index contributed by atoms with van der Waals surface area (Å²) in [7, 11) is 3.23. The molecule has 0 bridgehead atoms. The SMILES string of the molecule is CCN(C)Cc1c(O)ccc2c(C(=O)OC)c(N(Cc3ccc(F)cc3)C(C)=O)sc12. The Labute approximate surface area is 184 Å². The van der Waals surface area contributed by atoms with Gasteiger partial charge >= 0.3 is 5.97 Å². The normalized spacial score (nSPS) is 11.2. The van der Waals surface area contributed by atoms with E-state index in [1.54, 1.807) is 24.3 Å². The van der Waals surface area contributed by atoms with E-state index >= 15 is 0 Å². The summed E-state index contributed by atoms with van der Waals surface area (Å²) in [5.41, 5.74) is 1.69. The summed E-state index contributed by atoms with van der Waals surface area (Å²) < 4.78 is 19.1. The van der Waals surface area contributed by atoms with Crippen molar-refractivity contribution in [2.24, 2.45) is 0 Å². The van der Waals surface area contributed by atoms with Crippen LogP contribution in [0.3, 0.4) is 0 Å². The maximum atomic E-state index is 13.3. The average Bonchev–Trinajstić information content (AvgIpc) is 3.13. The smallest absolute Gasteiger partial charge is 0.341 e. The van der Waals surface area contributed by atoms with Crippen LogP contribution in [0.5, 0.6) is 5.75 Å². The van der Waals surface area contributed by atoms with Crippen LogP contribution >= 0.6 is 11.3 Å². The number of amides is 1. The maximum Gasteiger partial charge on any atom is 0.341 e. The van der Waals surface area contributed by atoms with Crippen molar-refractivity contribution in [1.29, 1.82) is 0 Å². The number of hydrogen-bond donors (Lipinski definition) is 1. The van der Waals surface area contributed by atoms with Crippen LogP contribution < -0.4 is 4.90 Å². The van der Waals surface area contributed by atoms with Gasteiger partial charge in [0, 0.05) is 29.1 Å². The second kappa shape index (κ2) is 9.45. The predicted molar refractivity (Wildman–Crippen MR) is 120 cm³/mol. The Kier molecular flexibility index (Phi) is 6.92. The Bertz CT molecular complexity index is 1110. The molecule has 0 atom stereocenters. The van der Waals surface area contributed by atoms with Crippen LogP contribution in [-0.4, -0.2) is 42.6 Å². The summed E-state index contributed by atoms with van der Waals surface area (Å²) in [5.74, 6) is -1.06. The molecule has 0 saturated heterocycles. The zero-order valence-electron chi connectivity index (χ0n) is 17.9. The fraction of sp³-hybridized carbons (Fsp3) is 0.304. The highest BCUT2D eigenvalue weighted by Gasteiger charge is 2.28. The highest BCUT2D eigenvalue weighted by molar-refractivity contribution is 7.23. The van der Waals surface area contributed by atoms with Crippen LogP contribution in [0, 0.1) is 5.82 Å². The molecule has 1 amide bonds. The largest absolute Gasteiger partial charge is 0.508 e. The second-order valence-electron chi connectivity index (χ2n) is 7.28. The number of phenolic OH excluding ortho intramolecular Hbond substituents is 1. The number of carbonyl (C=O) groups is 2. The minimum Gasteiger partial charge on any atom is -0.508 e. The number of anilines is 1. The van der Waals surface area contributed by atoms with Crippen molar-refractivity contribution in [3.8, 4) is 5.75 Å². The number of nitrogens with zero attached hydrogens (tertiary/aromatic N) is 2. The zero-order chi connectivity index (χ0) is 22.7. The molecule has 6 nitrogen and oxygen atoms in total. The van der Waals surface area contributed by atoms with Crippen molar-refractivity contribution < 1.29 is 23.8 Å². The van der Waals surface area contributed by atoms with E-state index in [0.717, 1.165) is 16.8 Å². The average molecular weight is 445 g/mol. The molecule has 1 N–H and O–H groups in total. The van der Waals surface area contributed by atoms with Gasteiger partial charge in [0.05, 0.1) is 13.7 Å². The number of thiophene rings is 1. The summed E-state index contributed by atoms with van der Waals surface area (Å²) in [6, 6.07) is 9.09. The van der Waals surface area contributed by atoms with Gasteiger partial charge < -0.3 is 14.7 Å². The topological polar surface area (TPSA) is 70.1 Å². The molecule has 0 radical (unpaired) electrons. The lowest BCUT2D eigenvalue weighted by molar-refractivity contribution is -0.116. The molecule has 1 heterocycles. The van der Waals surface area contributed by atoms with E-state index in [0.29, 0.717) is 22.5 Å². The first kappa shape index (κ1) is 22.7. The molecule has 3 rings (SSSR count). The summed E-state index contributed by atoms with van der Waals surface area (Å²) in [6.45, 7) is 4.86. The van der Waals surface area contributed by atoms with Gasteiger partial charge in [0.15, 0.2) is 0 Å². The zero-order valence-corrected chi connectivity index (χ0v) is 18.8. The quantitative estimate of drug-likeness (QED) is 0.542. The molecule has 0 aliphatic carbocycles. The molecule has 31 heavy (non-hydrogen) atoms. The molecule has 0 spiro atoms. The molecular formula is C23H25FN2O4S. The number of benzene rings is 2. The fourth-order valence-electron chi connectivity index (χ4n) is 3.32. The van der Waals surface area contributed by atoms with Gasteiger partial charge in [-0.2, -0.15) is 0 Å². The number of esters is 1. The molecule has 8 heteroatoms. The van der Waals surface area contributed by atoms with Crippen molar-refractivity contribution in [3.05, 3.63) is 58.9 Å². The number of ether oxygens (including phenoxy) is 1. The third-order valence-corrected chi connectivity index (χ3v) is 6.44. The molecule has 0 aliphatic rings. The number of phenols is 1. The van der Waals surface area contributed by atoms with Crippen molar-refractivity contribution in [2.45, 2.75) is 26.9 Å². The summed E-state index contributed by atoms with van der Waals surface area (Å²) in [5, 5.41) is 11.6. The number of fused-ring (bicyclic) bond motifs is 1. The van der Waals surface area contributed by atoms with Crippen LogP contribution in [0.25, 0.3) is 10.1 Å². The highest BCUT2D eigenvalue weighted by Crippen LogP contribution is 2.43. The van der Waals surface area contributed by atoms with Gasteiger partial charge in [0.1, 0.15) is 22.1 Å². The number of hydrogen-bond acceptors (Lipinski definition) is 6. The van der Waals surface area contributed by atoms with Gasteiger partial charge in [-0.25, -0.2) is 9.18 Å². The molecule has 164 valence electrons. The van der Waals surface area contributed by atoms with E-state index in [1.807, 2.05) is 18.9 Å². The molecular weight excluding hydrogens is 419 g/mol. The minimum atomic E-state index is -0.563. The number of methoxy groups -OCH3 is 1. The van der Waals surface area contributed by atoms with E-state index in [-0.39, 0.29) is 29.6 Å². The van der Waals surface area contributed by atoms with E-state index in [9.17, 15) is 19.1 Å². The van der Waals surface area contributed by atoms with Crippen molar-refractivity contribution in [2.75, 3.05) is 25.6 Å². The second-order valence-corrected chi connectivity index (χ2v) is 8.27. The van der Waals surface area contributed by atoms with E-state index in [2.05, 4.69) is 0 Å². The summed E-state index contributed by atoms with van der Waals surface area (Å²) >= 11 is 1.26. The third-order valence-electron chi connectivity index (χ3n) is 5.15. The number of halogens is 1. The number of carbonyl (C=O) groups excluding carboxylic acids is 2. The van der Waals surface area contributed by atoms with E-state index in [1.165, 1.54) is 42.4 Å². The van der Waals surface area contributed by atoms with Gasteiger partial charge in [-0.05, 0) is 43.4 Å². The molecule has 1 aromatic heterocycles. The Balaban J connectivity index is 2.20. The monoisotopic (exact) mass is 444 g/mol. The summed E-state index contributed by atoms with van der Waals surface area (Å²) in [6.07, 6.45) is 0. The van der Waals surface area contributed by atoms with Crippen molar-refractivity contribution >= 4 is 38.3 Å². The lowest BCUT2D eigenvalue weighted by Crippen LogP contribution is -2.28. The first-order valence-corrected chi connectivity index (χ1v) is 10.6. The van der Waals surface area contributed by atoms with Gasteiger partial charge in [0.2, 0.25) is 5.91 Å². The van der Waals surface area contributed by atoms with Crippen LogP contribution in [0.4, 0.5) is 9.39 Å². The highest BCUT2D eigenvalue weighted by atomic mass is 32.1. The predicted octanol–water partition coefficient (Wildman–Crippen LogP) is 4.54. The summed E-state index contributed by atoms with van der Waals surface area (Å²) in [4.78, 5) is 28.8. The first-order chi connectivity index (χ1) is 14.8.